The van der Waals surface area contributed by atoms with E-state index in [1.54, 1.807) is 12.3 Å². The number of aromatic amines is 1. The Morgan fingerprint density at radius 3 is 3.00 bits per heavy atom. The highest BCUT2D eigenvalue weighted by molar-refractivity contribution is 5.68. The number of aromatic nitrogens is 2. The molecule has 0 fully saturated rings. The molecule has 0 unspecified atom stereocenters. The van der Waals surface area contributed by atoms with Crippen molar-refractivity contribution in [3.8, 4) is 5.75 Å². The van der Waals surface area contributed by atoms with Gasteiger partial charge in [-0.3, -0.25) is 5.10 Å². The molecule has 0 aliphatic rings. The molecule has 0 atom stereocenters. The second-order valence-corrected chi connectivity index (χ2v) is 4.15. The molecule has 1 heterocycles. The van der Waals surface area contributed by atoms with Crippen LogP contribution < -0.4 is 15.8 Å². The van der Waals surface area contributed by atoms with Crippen molar-refractivity contribution in [3.05, 3.63) is 35.9 Å². The number of ether oxygens (including phenoxy) is 1. The van der Waals surface area contributed by atoms with E-state index in [9.17, 15) is 4.39 Å². The first-order valence-electron chi connectivity index (χ1n) is 6.14. The number of nitrogens with two attached hydrogens (primary N) is 1. The van der Waals surface area contributed by atoms with Crippen LogP contribution in [0.25, 0.3) is 0 Å². The molecule has 4 N–H and O–H groups in total. The van der Waals surface area contributed by atoms with Crippen molar-refractivity contribution < 1.29 is 9.13 Å². The number of rotatable bonds is 6. The van der Waals surface area contributed by atoms with E-state index in [4.69, 9.17) is 10.5 Å². The van der Waals surface area contributed by atoms with Crippen molar-refractivity contribution in [2.75, 3.05) is 17.7 Å². The van der Waals surface area contributed by atoms with Crippen LogP contribution in [-0.4, -0.2) is 16.8 Å². The summed E-state index contributed by atoms with van der Waals surface area (Å²) < 4.78 is 18.9. The van der Waals surface area contributed by atoms with Crippen molar-refractivity contribution in [3.63, 3.8) is 0 Å². The number of hydrogen-bond donors (Lipinski definition) is 3. The summed E-state index contributed by atoms with van der Waals surface area (Å²) in [6.45, 7) is 2.97. The monoisotopic (exact) mass is 264 g/mol. The minimum atomic E-state index is -0.446. The van der Waals surface area contributed by atoms with Crippen LogP contribution in [0.5, 0.6) is 5.75 Å². The molecular formula is C13H17FN4O. The van der Waals surface area contributed by atoms with E-state index in [2.05, 4.69) is 15.5 Å². The highest BCUT2D eigenvalue weighted by Crippen LogP contribution is 2.28. The van der Waals surface area contributed by atoms with Gasteiger partial charge in [0.1, 0.15) is 0 Å². The minimum absolute atomic E-state index is 0.211. The third-order valence-corrected chi connectivity index (χ3v) is 2.59. The van der Waals surface area contributed by atoms with Crippen molar-refractivity contribution in [2.45, 2.75) is 19.9 Å². The van der Waals surface area contributed by atoms with E-state index in [0.29, 0.717) is 24.5 Å². The van der Waals surface area contributed by atoms with Crippen LogP contribution in [0.3, 0.4) is 0 Å². The van der Waals surface area contributed by atoms with Gasteiger partial charge in [-0.15, -0.1) is 0 Å². The van der Waals surface area contributed by atoms with Gasteiger partial charge in [0.15, 0.2) is 11.6 Å². The fourth-order valence-corrected chi connectivity index (χ4v) is 1.62. The van der Waals surface area contributed by atoms with Gasteiger partial charge in [0, 0.05) is 18.3 Å². The molecular weight excluding hydrogens is 247 g/mol. The maximum absolute atomic E-state index is 13.6. The smallest absolute Gasteiger partial charge is 0.167 e. The topological polar surface area (TPSA) is 76.0 Å². The molecule has 102 valence electrons. The van der Waals surface area contributed by atoms with Gasteiger partial charge in [-0.25, -0.2) is 4.39 Å². The number of nitrogen functional groups attached to an aromatic ring is 1. The number of benzene rings is 1. The molecule has 5 nitrogen and oxygen atoms in total. The Morgan fingerprint density at radius 2 is 2.32 bits per heavy atom. The molecule has 0 aliphatic carbocycles. The van der Waals surface area contributed by atoms with E-state index >= 15 is 0 Å². The fraction of sp³-hybridized carbons (Fsp3) is 0.308. The van der Waals surface area contributed by atoms with E-state index in [1.807, 2.05) is 13.0 Å². The van der Waals surface area contributed by atoms with Gasteiger partial charge in [0.2, 0.25) is 0 Å². The lowest BCUT2D eigenvalue weighted by atomic mass is 10.2. The van der Waals surface area contributed by atoms with Crippen molar-refractivity contribution in [1.29, 1.82) is 0 Å². The highest BCUT2D eigenvalue weighted by Gasteiger charge is 2.09. The molecule has 0 radical (unpaired) electrons. The summed E-state index contributed by atoms with van der Waals surface area (Å²) in [5, 5.41) is 9.79. The third kappa shape index (κ3) is 3.37. The zero-order valence-corrected chi connectivity index (χ0v) is 10.7. The zero-order chi connectivity index (χ0) is 13.7. The molecule has 0 bridgehead atoms. The van der Waals surface area contributed by atoms with Crippen LogP contribution in [0.2, 0.25) is 0 Å². The summed E-state index contributed by atoms with van der Waals surface area (Å²) in [6.07, 6.45) is 2.49. The van der Waals surface area contributed by atoms with E-state index < -0.39 is 5.82 Å². The second-order valence-electron chi connectivity index (χ2n) is 4.15. The number of anilines is 2. The van der Waals surface area contributed by atoms with Crippen LogP contribution >= 0.6 is 0 Å². The summed E-state index contributed by atoms with van der Waals surface area (Å²) in [5.74, 6) is -0.235. The average molecular weight is 264 g/mol. The number of hydrogen-bond acceptors (Lipinski definition) is 4. The molecule has 2 aromatic rings. The largest absolute Gasteiger partial charge is 0.490 e. The second kappa shape index (κ2) is 6.08. The number of halogens is 1. The Labute approximate surface area is 111 Å². The maximum atomic E-state index is 13.6. The fourth-order valence-electron chi connectivity index (χ4n) is 1.62. The van der Waals surface area contributed by atoms with Crippen molar-refractivity contribution in [1.82, 2.24) is 10.2 Å². The van der Waals surface area contributed by atoms with Gasteiger partial charge < -0.3 is 15.8 Å². The van der Waals surface area contributed by atoms with E-state index in [-0.39, 0.29) is 5.75 Å². The average Bonchev–Trinajstić information content (AvgIpc) is 2.90. The van der Waals surface area contributed by atoms with Crippen LogP contribution in [0.15, 0.2) is 24.4 Å². The Hall–Kier alpha value is -2.24. The summed E-state index contributed by atoms with van der Waals surface area (Å²) in [4.78, 5) is 0. The molecule has 0 amide bonds. The van der Waals surface area contributed by atoms with Gasteiger partial charge >= 0.3 is 0 Å². The summed E-state index contributed by atoms with van der Waals surface area (Å²) in [5.41, 5.74) is 7.68. The quantitative estimate of drug-likeness (QED) is 0.701. The molecule has 0 spiro atoms. The van der Waals surface area contributed by atoms with Crippen molar-refractivity contribution in [2.24, 2.45) is 0 Å². The Balaban J connectivity index is 2.10. The van der Waals surface area contributed by atoms with Gasteiger partial charge in [0.05, 0.1) is 30.2 Å². The van der Waals surface area contributed by atoms with Gasteiger partial charge in [-0.05, 0) is 12.5 Å². The maximum Gasteiger partial charge on any atom is 0.167 e. The highest BCUT2D eigenvalue weighted by atomic mass is 19.1. The molecule has 1 aromatic heterocycles. The number of nitrogens with one attached hydrogen (secondary N) is 2. The predicted octanol–water partition coefficient (Wildman–Crippen LogP) is 2.53. The molecule has 1 aromatic carbocycles. The first-order valence-corrected chi connectivity index (χ1v) is 6.14. The molecule has 2 rings (SSSR count). The zero-order valence-electron chi connectivity index (χ0n) is 10.7. The molecule has 0 saturated carbocycles. The SMILES string of the molecule is CCCOc1cc(NCc2ccn[nH]2)c(N)cc1F. The van der Waals surface area contributed by atoms with E-state index in [1.165, 1.54) is 6.07 Å². The lowest BCUT2D eigenvalue weighted by molar-refractivity contribution is 0.301. The Kier molecular flexibility index (Phi) is 4.22. The van der Waals surface area contributed by atoms with Crippen LogP contribution in [0.4, 0.5) is 15.8 Å². The molecule has 19 heavy (non-hydrogen) atoms. The lowest BCUT2D eigenvalue weighted by Gasteiger charge is -2.12. The first-order chi connectivity index (χ1) is 9.20. The first kappa shape index (κ1) is 13.2. The molecule has 0 aliphatic heterocycles. The molecule has 6 heteroatoms. The summed E-state index contributed by atoms with van der Waals surface area (Å²) in [7, 11) is 0. The number of nitrogens with zero attached hydrogens (tertiary/aromatic N) is 1. The normalized spacial score (nSPS) is 10.4. The van der Waals surface area contributed by atoms with Gasteiger partial charge in [-0.1, -0.05) is 6.92 Å². The van der Waals surface area contributed by atoms with Crippen LogP contribution in [-0.2, 0) is 6.54 Å². The standard InChI is InChI=1S/C13H17FN4O/c1-2-5-19-13-7-12(11(15)6-10(13)14)16-8-9-3-4-17-18-9/h3-4,6-7,16H,2,5,8,15H2,1H3,(H,17,18). The van der Waals surface area contributed by atoms with E-state index in [0.717, 1.165) is 12.1 Å². The summed E-state index contributed by atoms with van der Waals surface area (Å²) >= 11 is 0. The van der Waals surface area contributed by atoms with Crippen LogP contribution in [0.1, 0.15) is 19.0 Å². The van der Waals surface area contributed by atoms with Crippen LogP contribution in [0, 0.1) is 5.82 Å². The lowest BCUT2D eigenvalue weighted by Crippen LogP contribution is -2.05. The Bertz CT molecular complexity index is 528. The minimum Gasteiger partial charge on any atom is -0.490 e. The molecule has 0 saturated heterocycles. The summed E-state index contributed by atoms with van der Waals surface area (Å²) in [6, 6.07) is 4.69. The van der Waals surface area contributed by atoms with Crippen molar-refractivity contribution >= 4 is 11.4 Å². The predicted molar refractivity (Wildman–Crippen MR) is 72.5 cm³/mol. The third-order valence-electron chi connectivity index (χ3n) is 2.59. The van der Waals surface area contributed by atoms with Gasteiger partial charge in [0.25, 0.3) is 0 Å². The number of H-pyrrole nitrogens is 1. The van der Waals surface area contributed by atoms with Gasteiger partial charge in [-0.2, -0.15) is 5.10 Å². The Morgan fingerprint density at radius 1 is 1.47 bits per heavy atom.